The summed E-state index contributed by atoms with van der Waals surface area (Å²) in [5, 5.41) is 0.943. The van der Waals surface area contributed by atoms with Crippen LogP contribution in [0.4, 0.5) is 5.82 Å². The maximum atomic E-state index is 12.4. The summed E-state index contributed by atoms with van der Waals surface area (Å²) in [5.41, 5.74) is 1.57. The van der Waals surface area contributed by atoms with Crippen molar-refractivity contribution in [1.29, 1.82) is 0 Å². The first-order valence-corrected chi connectivity index (χ1v) is 11.1. The van der Waals surface area contributed by atoms with E-state index < -0.39 is 0 Å². The number of carbonyl (C=O) groups excluding carboxylic acids is 1. The molecule has 0 spiro atoms. The molecular weight excluding hydrogens is 422 g/mol. The lowest BCUT2D eigenvalue weighted by molar-refractivity contribution is -0.148. The lowest BCUT2D eigenvalue weighted by atomic mass is 9.98. The smallest absolute Gasteiger partial charge is 0.310 e. The van der Waals surface area contributed by atoms with Gasteiger partial charge >= 0.3 is 5.97 Å². The molecule has 8 nitrogen and oxygen atoms in total. The number of para-hydroxylation sites is 1. The van der Waals surface area contributed by atoms with Crippen molar-refractivity contribution in [1.82, 2.24) is 9.97 Å². The number of carbonyl (C=O) groups is 1. The molecule has 1 aromatic heterocycles. The van der Waals surface area contributed by atoms with Crippen LogP contribution in [0, 0.1) is 5.92 Å². The molecule has 0 aliphatic carbocycles. The second-order valence-corrected chi connectivity index (χ2v) is 7.84. The number of aromatic nitrogens is 2. The number of hydrogen-bond donors (Lipinski definition) is 0. The Bertz CT molecular complexity index is 1130. The fourth-order valence-electron chi connectivity index (χ4n) is 4.26. The number of esters is 1. The van der Waals surface area contributed by atoms with Crippen molar-refractivity contribution in [3.8, 4) is 28.6 Å². The summed E-state index contributed by atoms with van der Waals surface area (Å²) in [6, 6.07) is 11.6. The normalized spacial score (nSPS) is 15.9. The van der Waals surface area contributed by atoms with Crippen molar-refractivity contribution < 1.29 is 23.7 Å². The predicted octanol–water partition coefficient (Wildman–Crippen LogP) is 4.10. The highest BCUT2D eigenvalue weighted by atomic mass is 16.5. The first-order chi connectivity index (χ1) is 16.1. The van der Waals surface area contributed by atoms with Crippen LogP contribution in [0.25, 0.3) is 22.3 Å². The van der Waals surface area contributed by atoms with E-state index in [9.17, 15) is 4.79 Å². The van der Waals surface area contributed by atoms with Gasteiger partial charge in [0.25, 0.3) is 0 Å². The molecule has 1 aliphatic heterocycles. The average Bonchev–Trinajstić information content (AvgIpc) is 2.87. The predicted molar refractivity (Wildman–Crippen MR) is 126 cm³/mol. The third-order valence-electron chi connectivity index (χ3n) is 5.85. The number of nitrogens with zero attached hydrogens (tertiary/aromatic N) is 3. The zero-order valence-electron chi connectivity index (χ0n) is 19.5. The molecule has 1 fully saturated rings. The molecule has 0 bridgehead atoms. The Labute approximate surface area is 193 Å². The highest BCUT2D eigenvalue weighted by Gasteiger charge is 2.29. The number of benzene rings is 2. The summed E-state index contributed by atoms with van der Waals surface area (Å²) in [6.45, 7) is 3.59. The molecule has 1 atom stereocenters. The lowest BCUT2D eigenvalue weighted by Gasteiger charge is -2.33. The molecule has 2 heterocycles. The van der Waals surface area contributed by atoms with E-state index in [0.717, 1.165) is 41.7 Å². The highest BCUT2D eigenvalue weighted by Crippen LogP contribution is 2.41. The molecule has 0 amide bonds. The molecule has 1 unspecified atom stereocenters. The van der Waals surface area contributed by atoms with Gasteiger partial charge in [-0.2, -0.15) is 0 Å². The number of fused-ring (bicyclic) bond motifs is 1. The second-order valence-electron chi connectivity index (χ2n) is 7.84. The maximum Gasteiger partial charge on any atom is 0.310 e. The van der Waals surface area contributed by atoms with Crippen LogP contribution < -0.4 is 19.1 Å². The zero-order chi connectivity index (χ0) is 23.4. The molecule has 1 saturated heterocycles. The standard InChI is InChI=1S/C25H29N3O5/c1-5-33-25(29)16-9-8-12-28(15-16)24-18-10-6-7-11-19(18)26-23(27-24)17-13-20(30-2)22(32-4)21(14-17)31-3/h6-7,10-11,13-14,16H,5,8-9,12,15H2,1-4H3. The Morgan fingerprint density at radius 3 is 2.45 bits per heavy atom. The quantitative estimate of drug-likeness (QED) is 0.497. The van der Waals surface area contributed by atoms with Crippen LogP contribution in [-0.4, -0.2) is 57.0 Å². The fourth-order valence-corrected chi connectivity index (χ4v) is 4.26. The van der Waals surface area contributed by atoms with E-state index >= 15 is 0 Å². The van der Waals surface area contributed by atoms with E-state index in [1.165, 1.54) is 0 Å². The maximum absolute atomic E-state index is 12.4. The molecule has 33 heavy (non-hydrogen) atoms. The van der Waals surface area contributed by atoms with Gasteiger partial charge in [-0.1, -0.05) is 12.1 Å². The van der Waals surface area contributed by atoms with Gasteiger partial charge in [-0.25, -0.2) is 9.97 Å². The summed E-state index contributed by atoms with van der Waals surface area (Å²) in [5.74, 6) is 2.61. The van der Waals surface area contributed by atoms with E-state index in [1.54, 1.807) is 21.3 Å². The van der Waals surface area contributed by atoms with Crippen molar-refractivity contribution in [3.63, 3.8) is 0 Å². The van der Waals surface area contributed by atoms with Crippen LogP contribution in [0.15, 0.2) is 36.4 Å². The molecule has 2 aromatic carbocycles. The minimum atomic E-state index is -0.169. The monoisotopic (exact) mass is 451 g/mol. The molecule has 3 aromatic rings. The van der Waals surface area contributed by atoms with Crippen LogP contribution in [0.2, 0.25) is 0 Å². The molecule has 0 N–H and O–H groups in total. The molecule has 4 rings (SSSR count). The average molecular weight is 452 g/mol. The van der Waals surface area contributed by atoms with Gasteiger partial charge in [-0.15, -0.1) is 0 Å². The van der Waals surface area contributed by atoms with E-state index in [-0.39, 0.29) is 11.9 Å². The van der Waals surface area contributed by atoms with Crippen molar-refractivity contribution in [3.05, 3.63) is 36.4 Å². The Hall–Kier alpha value is -3.55. The summed E-state index contributed by atoms with van der Waals surface area (Å²) in [4.78, 5) is 24.3. The molecule has 174 valence electrons. The Balaban J connectivity index is 1.81. The van der Waals surface area contributed by atoms with Gasteiger partial charge in [0.2, 0.25) is 5.75 Å². The van der Waals surface area contributed by atoms with Gasteiger partial charge in [0.1, 0.15) is 5.82 Å². The van der Waals surface area contributed by atoms with Gasteiger partial charge in [0, 0.05) is 24.0 Å². The number of piperidine rings is 1. The fraction of sp³-hybridized carbons (Fsp3) is 0.400. The van der Waals surface area contributed by atoms with Crippen LogP contribution in [0.5, 0.6) is 17.2 Å². The Kier molecular flexibility index (Phi) is 6.82. The van der Waals surface area contributed by atoms with Gasteiger partial charge in [-0.3, -0.25) is 4.79 Å². The lowest BCUT2D eigenvalue weighted by Crippen LogP contribution is -2.40. The number of methoxy groups -OCH3 is 3. The second kappa shape index (κ2) is 9.94. The topological polar surface area (TPSA) is 83.0 Å². The van der Waals surface area contributed by atoms with Crippen LogP contribution >= 0.6 is 0 Å². The van der Waals surface area contributed by atoms with Gasteiger partial charge in [-0.05, 0) is 44.0 Å². The van der Waals surface area contributed by atoms with Crippen molar-refractivity contribution in [2.24, 2.45) is 5.92 Å². The molecule has 0 saturated carbocycles. The minimum Gasteiger partial charge on any atom is -0.493 e. The SMILES string of the molecule is CCOC(=O)C1CCCN(c2nc(-c3cc(OC)c(OC)c(OC)c3)nc3ccccc23)C1. The molecular formula is C25H29N3O5. The highest BCUT2D eigenvalue weighted by molar-refractivity contribution is 5.91. The van der Waals surface area contributed by atoms with Crippen LogP contribution in [-0.2, 0) is 9.53 Å². The van der Waals surface area contributed by atoms with Gasteiger partial charge in [0.15, 0.2) is 17.3 Å². The Morgan fingerprint density at radius 2 is 1.79 bits per heavy atom. The van der Waals surface area contributed by atoms with Crippen LogP contribution in [0.3, 0.4) is 0 Å². The van der Waals surface area contributed by atoms with Gasteiger partial charge in [0.05, 0.1) is 39.4 Å². The van der Waals surface area contributed by atoms with E-state index in [4.69, 9.17) is 28.9 Å². The molecule has 8 heteroatoms. The van der Waals surface area contributed by atoms with Gasteiger partial charge < -0.3 is 23.8 Å². The van der Waals surface area contributed by atoms with E-state index in [2.05, 4.69) is 4.90 Å². The van der Waals surface area contributed by atoms with E-state index in [1.807, 2.05) is 43.3 Å². The van der Waals surface area contributed by atoms with Crippen molar-refractivity contribution >= 4 is 22.7 Å². The Morgan fingerprint density at radius 1 is 1.06 bits per heavy atom. The largest absolute Gasteiger partial charge is 0.493 e. The number of rotatable bonds is 7. The third kappa shape index (κ3) is 4.51. The van der Waals surface area contributed by atoms with E-state index in [0.29, 0.717) is 36.2 Å². The molecule has 1 aliphatic rings. The van der Waals surface area contributed by atoms with Crippen molar-refractivity contribution in [2.45, 2.75) is 19.8 Å². The first kappa shape index (κ1) is 22.6. The number of ether oxygens (including phenoxy) is 4. The molecule has 0 radical (unpaired) electrons. The summed E-state index contributed by atoms with van der Waals surface area (Å²) in [7, 11) is 4.73. The first-order valence-electron chi connectivity index (χ1n) is 11.1. The zero-order valence-corrected chi connectivity index (χ0v) is 19.5. The van der Waals surface area contributed by atoms with Crippen molar-refractivity contribution in [2.75, 3.05) is 45.9 Å². The minimum absolute atomic E-state index is 0.148. The van der Waals surface area contributed by atoms with Crippen LogP contribution in [0.1, 0.15) is 19.8 Å². The third-order valence-corrected chi connectivity index (χ3v) is 5.85. The summed E-state index contributed by atoms with van der Waals surface area (Å²) in [6.07, 6.45) is 1.71. The summed E-state index contributed by atoms with van der Waals surface area (Å²) >= 11 is 0. The summed E-state index contributed by atoms with van der Waals surface area (Å²) < 4.78 is 21.8. The number of hydrogen-bond acceptors (Lipinski definition) is 8. The number of anilines is 1.